The summed E-state index contributed by atoms with van der Waals surface area (Å²) in [5.74, 6) is 8.75. The molecule has 0 fully saturated rings. The molecule has 6 aliphatic rings. The predicted octanol–water partition coefficient (Wildman–Crippen LogP) is 24.3. The van der Waals surface area contributed by atoms with Gasteiger partial charge in [0.2, 0.25) is 0 Å². The van der Waals surface area contributed by atoms with Crippen molar-refractivity contribution in [1.82, 2.24) is 0 Å². The van der Waals surface area contributed by atoms with Crippen molar-refractivity contribution in [1.29, 1.82) is 0 Å². The molecule has 0 saturated carbocycles. The fourth-order valence-corrected chi connectivity index (χ4v) is 10.1. The Kier molecular flexibility index (Phi) is 40.7. The van der Waals surface area contributed by atoms with Gasteiger partial charge in [-0.25, -0.2) is 0 Å². The Bertz CT molecular complexity index is 2510. The van der Waals surface area contributed by atoms with Crippen LogP contribution in [0.2, 0.25) is 0 Å². The number of ether oxygens (including phenoxy) is 5. The first-order valence-corrected chi connectivity index (χ1v) is 34.5. The highest BCUT2D eigenvalue weighted by Crippen LogP contribution is 2.35. The third-order valence-corrected chi connectivity index (χ3v) is 15.2. The van der Waals surface area contributed by atoms with E-state index in [-0.39, 0.29) is 0 Å². The van der Waals surface area contributed by atoms with Crippen LogP contribution in [0.3, 0.4) is 0 Å². The van der Waals surface area contributed by atoms with Crippen molar-refractivity contribution in [2.24, 2.45) is 0 Å². The molecule has 4 aliphatic heterocycles. The minimum atomic E-state index is 0.538. The van der Waals surface area contributed by atoms with Gasteiger partial charge in [0.05, 0.1) is 13.2 Å². The molecule has 0 unspecified atom stereocenters. The summed E-state index contributed by atoms with van der Waals surface area (Å²) >= 11 is 0. The van der Waals surface area contributed by atoms with Gasteiger partial charge in [-0.05, 0) is 196 Å². The van der Waals surface area contributed by atoms with Crippen LogP contribution in [-0.2, 0) is 45.1 Å². The maximum absolute atomic E-state index is 5.56. The Balaban J connectivity index is 0.000000498. The van der Waals surface area contributed by atoms with Gasteiger partial charge in [-0.15, -0.1) is 0 Å². The van der Waals surface area contributed by atoms with E-state index in [1.807, 2.05) is 89.2 Å². The lowest BCUT2D eigenvalue weighted by Gasteiger charge is -2.21. The molecular weight excluding hydrogens is 1050 g/mol. The van der Waals surface area contributed by atoms with Crippen LogP contribution >= 0.6 is 0 Å². The van der Waals surface area contributed by atoms with E-state index in [9.17, 15) is 0 Å². The van der Waals surface area contributed by atoms with Gasteiger partial charge < -0.3 is 23.7 Å². The second kappa shape index (κ2) is 44.7. The van der Waals surface area contributed by atoms with Crippen LogP contribution in [0.15, 0.2) is 109 Å². The molecule has 5 nitrogen and oxygen atoms in total. The number of fused-ring (bicyclic) bond motifs is 6. The largest absolute Gasteiger partial charge is 0.493 e. The lowest BCUT2D eigenvalue weighted by molar-refractivity contribution is 0.171. The maximum atomic E-state index is 5.56. The van der Waals surface area contributed by atoms with E-state index in [4.69, 9.17) is 23.7 Å². The quantitative estimate of drug-likeness (QED) is 0.166. The highest BCUT2D eigenvalue weighted by Gasteiger charge is 2.17. The molecule has 6 aromatic carbocycles. The Morgan fingerprint density at radius 3 is 0.930 bits per heavy atom. The lowest BCUT2D eigenvalue weighted by atomic mass is 9.88. The van der Waals surface area contributed by atoms with Gasteiger partial charge in [-0.1, -0.05) is 239 Å². The van der Waals surface area contributed by atoms with Gasteiger partial charge in [-0.3, -0.25) is 0 Å². The molecule has 0 atom stereocenters. The molecule has 0 radical (unpaired) electrons. The van der Waals surface area contributed by atoms with Gasteiger partial charge in [-0.2, -0.15) is 0 Å². The monoisotopic (exact) mass is 1180 g/mol. The van der Waals surface area contributed by atoms with Crippen LogP contribution in [0.25, 0.3) is 0 Å². The van der Waals surface area contributed by atoms with E-state index < -0.39 is 0 Å². The molecule has 5 heteroatoms. The summed E-state index contributed by atoms with van der Waals surface area (Å²) in [5.41, 5.74) is 19.0. The Morgan fingerprint density at radius 2 is 0.512 bits per heavy atom. The average Bonchev–Trinajstić information content (AvgIpc) is 4.18. The van der Waals surface area contributed by atoms with Gasteiger partial charge in [0.25, 0.3) is 0 Å². The standard InChI is InChI=1S/C13H18.C12H16O.C12H16.C11H14O2.C11H14O.C10H12O.6C2H6/c1-10(2)12-8-7-11-5-3-4-6-13(11)9-12;1-9(2)10-5-6-12-11(8-10)4-3-7-13-12;1-9(2)11-7-6-10-4-3-5-12(10)8-11;1-8(2)9-3-4-10-11(7-9)13-6-5-12-10;1-8(2)9-3-4-11-10(7-9)5-6-12-11;1-7(2)8-3-4-10-9(5-8)6-11-10;6*1-2/h7-10H,3-6H2,1-2H3;5-6,8-9H,3-4,7H2,1-2H3;6-9H,3-5H2,1-2H3;3-4,7-8H,5-6H2,1-2H3;3-4,7-8H,5-6H2,1-2H3;3-5,7H,6H2,1-2H3;6*1-2H3. The Hall–Kier alpha value is -5.68. The number of hydrogen-bond donors (Lipinski definition) is 0. The van der Waals surface area contributed by atoms with Crippen molar-refractivity contribution in [3.05, 3.63) is 182 Å². The van der Waals surface area contributed by atoms with Gasteiger partial charge >= 0.3 is 0 Å². The topological polar surface area (TPSA) is 46.2 Å². The molecule has 12 rings (SSSR count). The van der Waals surface area contributed by atoms with Crippen LogP contribution in [0, 0.1) is 0 Å². The zero-order valence-electron chi connectivity index (χ0n) is 59.5. The third-order valence-electron chi connectivity index (χ3n) is 15.2. The van der Waals surface area contributed by atoms with Crippen molar-refractivity contribution < 1.29 is 23.7 Å². The average molecular weight is 1180 g/mol. The number of hydrogen-bond acceptors (Lipinski definition) is 5. The summed E-state index contributed by atoms with van der Waals surface area (Å²) in [4.78, 5) is 0. The molecule has 86 heavy (non-hydrogen) atoms. The van der Waals surface area contributed by atoms with Crippen molar-refractivity contribution in [3.63, 3.8) is 0 Å². The van der Waals surface area contributed by atoms with E-state index in [1.54, 1.807) is 22.3 Å². The van der Waals surface area contributed by atoms with Crippen molar-refractivity contribution in [2.45, 2.75) is 272 Å². The van der Waals surface area contributed by atoms with E-state index >= 15 is 0 Å². The van der Waals surface area contributed by atoms with Crippen LogP contribution in [0.4, 0.5) is 0 Å². The molecule has 0 amide bonds. The highest BCUT2D eigenvalue weighted by atomic mass is 16.6. The van der Waals surface area contributed by atoms with Gasteiger partial charge in [0.15, 0.2) is 11.5 Å². The summed E-state index contributed by atoms with van der Waals surface area (Å²) in [7, 11) is 0. The summed E-state index contributed by atoms with van der Waals surface area (Å²) in [6.45, 7) is 54.6. The van der Waals surface area contributed by atoms with E-state index in [0.717, 1.165) is 61.4 Å². The molecule has 0 saturated heterocycles. The maximum Gasteiger partial charge on any atom is 0.161 e. The molecular formula is C81H126O5. The zero-order valence-corrected chi connectivity index (χ0v) is 59.5. The second-order valence-corrected chi connectivity index (χ2v) is 22.9. The first kappa shape index (κ1) is 78.3. The smallest absolute Gasteiger partial charge is 0.161 e. The highest BCUT2D eigenvalue weighted by molar-refractivity contribution is 5.46. The van der Waals surface area contributed by atoms with Gasteiger partial charge in [0.1, 0.15) is 37.1 Å². The van der Waals surface area contributed by atoms with Crippen LogP contribution in [0.5, 0.6) is 28.7 Å². The van der Waals surface area contributed by atoms with Crippen LogP contribution in [-0.4, -0.2) is 26.4 Å². The molecule has 0 spiro atoms. The molecule has 480 valence electrons. The summed E-state index contributed by atoms with van der Waals surface area (Å²) < 4.78 is 27.1. The first-order chi connectivity index (χ1) is 41.6. The number of benzene rings is 6. The van der Waals surface area contributed by atoms with E-state index in [2.05, 4.69) is 186 Å². The fourth-order valence-electron chi connectivity index (χ4n) is 10.1. The van der Waals surface area contributed by atoms with Crippen molar-refractivity contribution >= 4 is 0 Å². The summed E-state index contributed by atoms with van der Waals surface area (Å²) in [6.07, 6.45) is 12.7. The SMILES string of the molecule is CC.CC.CC.CC.CC.CC.CC(C)c1ccc2c(c1)CCC2.CC(C)c1ccc2c(c1)CCCC2.CC(C)c1ccc2c(c1)CCCO2.CC(C)c1ccc2c(c1)CCO2.CC(C)c1ccc2c(c1)CO2.CC(C)c1ccc2c(c1)OCCO2. The molecule has 2 aliphatic carbocycles. The minimum Gasteiger partial charge on any atom is -0.493 e. The fraction of sp³-hybridized carbons (Fsp3) is 0.556. The minimum absolute atomic E-state index is 0.538. The van der Waals surface area contributed by atoms with Crippen LogP contribution < -0.4 is 23.7 Å². The first-order valence-electron chi connectivity index (χ1n) is 34.5. The zero-order chi connectivity index (χ0) is 64.7. The summed E-state index contributed by atoms with van der Waals surface area (Å²) in [5, 5.41) is 0. The van der Waals surface area contributed by atoms with E-state index in [0.29, 0.717) is 48.7 Å². The lowest BCUT2D eigenvalue weighted by Crippen LogP contribution is -2.15. The van der Waals surface area contributed by atoms with Crippen molar-refractivity contribution in [2.75, 3.05) is 26.4 Å². The normalized spacial score (nSPS) is 13.3. The number of aryl methyl sites for hydroxylation is 5. The second-order valence-electron chi connectivity index (χ2n) is 22.9. The third kappa shape index (κ3) is 26.0. The molecule has 0 aromatic heterocycles. The Morgan fingerprint density at radius 1 is 0.221 bits per heavy atom. The van der Waals surface area contributed by atoms with Gasteiger partial charge in [0, 0.05) is 12.0 Å². The van der Waals surface area contributed by atoms with Crippen molar-refractivity contribution in [3.8, 4) is 28.7 Å². The predicted molar refractivity (Wildman–Crippen MR) is 378 cm³/mol. The molecule has 0 N–H and O–H groups in total. The summed E-state index contributed by atoms with van der Waals surface area (Å²) in [6, 6.07) is 39.8. The molecule has 0 bridgehead atoms. The number of rotatable bonds is 6. The van der Waals surface area contributed by atoms with E-state index in [1.165, 1.54) is 101 Å². The molecule has 4 heterocycles. The van der Waals surface area contributed by atoms with Crippen LogP contribution in [0.1, 0.15) is 300 Å². The molecule has 6 aromatic rings. The Labute approximate surface area is 530 Å².